The molecule has 0 amide bonds. The van der Waals surface area contributed by atoms with Crippen LogP contribution in [-0.4, -0.2) is 15.8 Å². The lowest BCUT2D eigenvalue weighted by molar-refractivity contribution is 0.444. The van der Waals surface area contributed by atoms with E-state index in [2.05, 4.69) is 51.8 Å². The van der Waals surface area contributed by atoms with Crippen molar-refractivity contribution < 1.29 is 4.39 Å². The Morgan fingerprint density at radius 2 is 1.67 bits per heavy atom. The number of halogens is 1. The van der Waals surface area contributed by atoms with E-state index in [1.807, 2.05) is 18.3 Å². The van der Waals surface area contributed by atoms with E-state index in [0.717, 1.165) is 24.4 Å². The molecule has 5 rings (SSSR count). The molecule has 0 fully saturated rings. The third kappa shape index (κ3) is 3.38. The zero-order valence-electron chi connectivity index (χ0n) is 14.8. The van der Waals surface area contributed by atoms with Crippen LogP contribution in [0.5, 0.6) is 0 Å². The van der Waals surface area contributed by atoms with Gasteiger partial charge in [-0.2, -0.15) is 0 Å². The van der Waals surface area contributed by atoms with Gasteiger partial charge in [-0.3, -0.25) is 0 Å². The number of benzene rings is 3. The van der Waals surface area contributed by atoms with Gasteiger partial charge in [0, 0.05) is 29.7 Å². The molecule has 0 spiro atoms. The van der Waals surface area contributed by atoms with Crippen LogP contribution in [0, 0.1) is 5.82 Å². The third-order valence-corrected chi connectivity index (χ3v) is 6.17. The zero-order valence-corrected chi connectivity index (χ0v) is 15.6. The molecule has 0 aliphatic carbocycles. The number of aromatic nitrogens is 1. The number of rotatable bonds is 3. The minimum Gasteiger partial charge on any atom is -0.361 e. The Morgan fingerprint density at radius 3 is 2.56 bits per heavy atom. The molecule has 4 aromatic rings. The van der Waals surface area contributed by atoms with Gasteiger partial charge < -0.3 is 4.98 Å². The molecule has 1 aliphatic rings. The lowest BCUT2D eigenvalue weighted by Crippen LogP contribution is -2.24. The number of nitrogens with zero attached hydrogens (tertiary/aromatic N) is 1. The highest BCUT2D eigenvalue weighted by Crippen LogP contribution is 2.32. The molecule has 1 aromatic heterocycles. The van der Waals surface area contributed by atoms with Crippen LogP contribution in [0.15, 0.2) is 77.8 Å². The second-order valence-corrected chi connectivity index (χ2v) is 8.09. The van der Waals surface area contributed by atoms with E-state index in [1.165, 1.54) is 45.3 Å². The van der Waals surface area contributed by atoms with Crippen LogP contribution in [0.2, 0.25) is 0 Å². The topological polar surface area (TPSA) is 19.0 Å². The minimum absolute atomic E-state index is 0.188. The smallest absolute Gasteiger partial charge is 0.123 e. The lowest BCUT2D eigenvalue weighted by atomic mass is 9.95. The fraction of sp³-hybridized carbons (Fsp3) is 0.130. The van der Waals surface area contributed by atoms with Gasteiger partial charge in [-0.15, -0.1) is 0 Å². The molecule has 27 heavy (non-hydrogen) atoms. The number of H-pyrrole nitrogens is 1. The maximum Gasteiger partial charge on any atom is 0.123 e. The Labute approximate surface area is 162 Å². The number of hydrogen-bond donors (Lipinski definition) is 1. The summed E-state index contributed by atoms with van der Waals surface area (Å²) in [5.74, 6) is -0.188. The molecule has 0 saturated carbocycles. The van der Waals surface area contributed by atoms with Crippen LogP contribution in [0.3, 0.4) is 0 Å². The van der Waals surface area contributed by atoms with Crippen molar-refractivity contribution >= 4 is 22.9 Å². The standard InChI is InChI=1S/C23H19FN2S/c24-21-4-6-22(7-5-21)27-26-12-10-16-1-2-17(14-20(16)15-26)18-3-8-23-19(13-18)9-11-25-23/h1-9,11,13-14,25H,10,12,15H2. The summed E-state index contributed by atoms with van der Waals surface area (Å²) in [5, 5.41) is 1.23. The molecule has 1 N–H and O–H groups in total. The van der Waals surface area contributed by atoms with Crippen molar-refractivity contribution in [3.8, 4) is 11.1 Å². The van der Waals surface area contributed by atoms with Crippen LogP contribution in [0.1, 0.15) is 11.1 Å². The third-order valence-electron chi connectivity index (χ3n) is 5.12. The SMILES string of the molecule is Fc1ccc(SN2CCc3ccc(-c4ccc5[nH]ccc5c4)cc3C2)cc1. The monoisotopic (exact) mass is 374 g/mol. The van der Waals surface area contributed by atoms with Crippen molar-refractivity contribution in [1.29, 1.82) is 0 Å². The van der Waals surface area contributed by atoms with Gasteiger partial charge in [0.25, 0.3) is 0 Å². The zero-order chi connectivity index (χ0) is 18.2. The van der Waals surface area contributed by atoms with Crippen molar-refractivity contribution in [2.24, 2.45) is 0 Å². The summed E-state index contributed by atoms with van der Waals surface area (Å²) in [6, 6.07) is 22.2. The maximum absolute atomic E-state index is 13.1. The molecule has 3 aromatic carbocycles. The second kappa shape index (κ2) is 6.87. The largest absolute Gasteiger partial charge is 0.361 e. The first-order chi connectivity index (χ1) is 13.2. The number of fused-ring (bicyclic) bond motifs is 2. The molecule has 1 aliphatic heterocycles. The quantitative estimate of drug-likeness (QED) is 0.441. The minimum atomic E-state index is -0.188. The molecule has 134 valence electrons. The molecule has 0 atom stereocenters. The molecule has 4 heteroatoms. The Hall–Kier alpha value is -2.56. The molecule has 0 radical (unpaired) electrons. The highest BCUT2D eigenvalue weighted by molar-refractivity contribution is 7.97. The summed E-state index contributed by atoms with van der Waals surface area (Å²) >= 11 is 1.70. The molecule has 0 bridgehead atoms. The van der Waals surface area contributed by atoms with Crippen LogP contribution in [0.4, 0.5) is 4.39 Å². The van der Waals surface area contributed by atoms with Gasteiger partial charge in [-0.05, 0) is 94.5 Å². The summed E-state index contributed by atoms with van der Waals surface area (Å²) in [5.41, 5.74) is 6.47. The van der Waals surface area contributed by atoms with Crippen molar-refractivity contribution in [3.63, 3.8) is 0 Å². The Morgan fingerprint density at radius 1 is 0.852 bits per heavy atom. The van der Waals surface area contributed by atoms with E-state index in [1.54, 1.807) is 11.9 Å². The van der Waals surface area contributed by atoms with Gasteiger partial charge in [0.1, 0.15) is 5.82 Å². The molecular formula is C23H19FN2S. The van der Waals surface area contributed by atoms with Gasteiger partial charge in [0.2, 0.25) is 0 Å². The fourth-order valence-corrected chi connectivity index (χ4v) is 4.61. The van der Waals surface area contributed by atoms with Crippen LogP contribution in [0.25, 0.3) is 22.0 Å². The van der Waals surface area contributed by atoms with Crippen molar-refractivity contribution in [1.82, 2.24) is 9.29 Å². The average molecular weight is 374 g/mol. The Kier molecular flexibility index (Phi) is 4.23. The van der Waals surface area contributed by atoms with Crippen molar-refractivity contribution in [2.75, 3.05) is 6.54 Å². The summed E-state index contributed by atoms with van der Waals surface area (Å²) < 4.78 is 15.5. The van der Waals surface area contributed by atoms with E-state index < -0.39 is 0 Å². The number of nitrogens with one attached hydrogen (secondary N) is 1. The number of aromatic amines is 1. The van der Waals surface area contributed by atoms with E-state index in [9.17, 15) is 4.39 Å². The van der Waals surface area contributed by atoms with Crippen molar-refractivity contribution in [2.45, 2.75) is 17.9 Å². The van der Waals surface area contributed by atoms with Crippen LogP contribution >= 0.6 is 11.9 Å². The molecule has 2 heterocycles. The van der Waals surface area contributed by atoms with E-state index in [-0.39, 0.29) is 5.82 Å². The maximum atomic E-state index is 13.1. The molecule has 0 unspecified atom stereocenters. The Bertz CT molecular complexity index is 1100. The van der Waals surface area contributed by atoms with Gasteiger partial charge in [-0.25, -0.2) is 8.70 Å². The Balaban J connectivity index is 1.40. The van der Waals surface area contributed by atoms with E-state index >= 15 is 0 Å². The second-order valence-electron chi connectivity index (χ2n) is 6.92. The van der Waals surface area contributed by atoms with Gasteiger partial charge in [0.05, 0.1) is 0 Å². The fourth-order valence-electron chi connectivity index (χ4n) is 3.67. The summed E-state index contributed by atoms with van der Waals surface area (Å²) in [6.45, 7) is 1.90. The summed E-state index contributed by atoms with van der Waals surface area (Å²) in [7, 11) is 0. The normalized spacial score (nSPS) is 14.4. The first-order valence-corrected chi connectivity index (χ1v) is 9.90. The first kappa shape index (κ1) is 16.6. The molecule has 0 saturated heterocycles. The summed E-state index contributed by atoms with van der Waals surface area (Å²) in [4.78, 5) is 4.33. The van der Waals surface area contributed by atoms with Crippen LogP contribution < -0.4 is 0 Å². The average Bonchev–Trinajstić information content (AvgIpc) is 3.17. The van der Waals surface area contributed by atoms with E-state index in [0.29, 0.717) is 0 Å². The first-order valence-electron chi connectivity index (χ1n) is 9.12. The highest BCUT2D eigenvalue weighted by atomic mass is 32.2. The van der Waals surface area contributed by atoms with Gasteiger partial charge in [-0.1, -0.05) is 18.2 Å². The van der Waals surface area contributed by atoms with Crippen molar-refractivity contribution in [3.05, 3.63) is 89.9 Å². The lowest BCUT2D eigenvalue weighted by Gasteiger charge is -2.28. The van der Waals surface area contributed by atoms with E-state index in [4.69, 9.17) is 0 Å². The highest BCUT2D eigenvalue weighted by Gasteiger charge is 2.18. The predicted molar refractivity (Wildman–Crippen MR) is 110 cm³/mol. The predicted octanol–water partition coefficient (Wildman–Crippen LogP) is 6.04. The van der Waals surface area contributed by atoms with Crippen LogP contribution in [-0.2, 0) is 13.0 Å². The molecule has 2 nitrogen and oxygen atoms in total. The summed E-state index contributed by atoms with van der Waals surface area (Å²) in [6.07, 6.45) is 3.02. The number of hydrogen-bond acceptors (Lipinski definition) is 2. The molecular weight excluding hydrogens is 355 g/mol. The van der Waals surface area contributed by atoms with Gasteiger partial charge >= 0.3 is 0 Å². The van der Waals surface area contributed by atoms with Gasteiger partial charge in [0.15, 0.2) is 0 Å².